The minimum absolute atomic E-state index is 0.291. The molecule has 0 saturated heterocycles. The zero-order valence-electron chi connectivity index (χ0n) is 18.5. The van der Waals surface area contributed by atoms with Crippen molar-refractivity contribution in [2.75, 3.05) is 0 Å². The van der Waals surface area contributed by atoms with Crippen molar-refractivity contribution in [1.82, 2.24) is 0 Å². The average molecular weight is 392 g/mol. The van der Waals surface area contributed by atoms with Gasteiger partial charge in [-0.05, 0) is 86.6 Å². The Hall–Kier alpha value is -1.76. The van der Waals surface area contributed by atoms with Gasteiger partial charge in [-0.25, -0.2) is 0 Å². The maximum Gasteiger partial charge on any atom is 0.119 e. The molecule has 0 amide bonds. The molecule has 2 aromatic rings. The molecule has 0 aromatic heterocycles. The Morgan fingerprint density at radius 3 is 2.17 bits per heavy atom. The van der Waals surface area contributed by atoms with Crippen molar-refractivity contribution in [3.05, 3.63) is 60.5 Å². The van der Waals surface area contributed by atoms with Gasteiger partial charge in [0.25, 0.3) is 0 Å². The highest BCUT2D eigenvalue weighted by molar-refractivity contribution is 5.64. The lowest BCUT2D eigenvalue weighted by molar-refractivity contribution is 0.206. The number of rotatable bonds is 11. The fourth-order valence-corrected chi connectivity index (χ4v) is 4.39. The second-order valence-corrected chi connectivity index (χ2v) is 8.85. The molecule has 0 heterocycles. The first kappa shape index (κ1) is 21.9. The Morgan fingerprint density at radius 1 is 0.862 bits per heavy atom. The lowest BCUT2D eigenvalue weighted by Crippen LogP contribution is -2.11. The molecule has 1 aliphatic rings. The van der Waals surface area contributed by atoms with Crippen LogP contribution in [0.5, 0.6) is 5.75 Å². The molecule has 1 saturated carbocycles. The van der Waals surface area contributed by atoms with Crippen LogP contribution in [0.3, 0.4) is 0 Å². The summed E-state index contributed by atoms with van der Waals surface area (Å²) in [5.41, 5.74) is 4.03. The maximum absolute atomic E-state index is 6.09. The molecule has 3 rings (SSSR count). The minimum Gasteiger partial charge on any atom is -0.491 e. The van der Waals surface area contributed by atoms with E-state index in [2.05, 4.69) is 68.8 Å². The van der Waals surface area contributed by atoms with Gasteiger partial charge in [0.2, 0.25) is 0 Å². The lowest BCUT2D eigenvalue weighted by Gasteiger charge is -2.21. The Morgan fingerprint density at radius 2 is 1.52 bits per heavy atom. The number of hydrogen-bond donors (Lipinski definition) is 0. The smallest absolute Gasteiger partial charge is 0.119 e. The van der Waals surface area contributed by atoms with E-state index < -0.39 is 0 Å². The van der Waals surface area contributed by atoms with E-state index in [1.165, 1.54) is 80.9 Å². The molecule has 0 spiro atoms. The highest BCUT2D eigenvalue weighted by atomic mass is 16.5. The van der Waals surface area contributed by atoms with Crippen LogP contribution in [-0.2, 0) is 6.42 Å². The van der Waals surface area contributed by atoms with Gasteiger partial charge < -0.3 is 4.74 Å². The van der Waals surface area contributed by atoms with Crippen LogP contribution < -0.4 is 4.74 Å². The summed E-state index contributed by atoms with van der Waals surface area (Å²) < 4.78 is 6.09. The number of hydrogen-bond acceptors (Lipinski definition) is 1. The molecule has 2 aromatic carbocycles. The highest BCUT2D eigenvalue weighted by Gasteiger charge is 2.13. The van der Waals surface area contributed by atoms with Crippen molar-refractivity contribution in [3.63, 3.8) is 0 Å². The third-order valence-corrected chi connectivity index (χ3v) is 6.34. The van der Waals surface area contributed by atoms with Crippen molar-refractivity contribution >= 4 is 0 Å². The van der Waals surface area contributed by atoms with Crippen LogP contribution in [0.15, 0.2) is 48.5 Å². The van der Waals surface area contributed by atoms with Gasteiger partial charge in [0.1, 0.15) is 5.75 Å². The van der Waals surface area contributed by atoms with Gasteiger partial charge >= 0.3 is 0 Å². The molecule has 1 atom stereocenters. The summed E-state index contributed by atoms with van der Waals surface area (Å²) in [5.74, 6) is 1.92. The Labute approximate surface area is 178 Å². The molecular formula is C28H39O. The zero-order valence-corrected chi connectivity index (χ0v) is 18.5. The second kappa shape index (κ2) is 12.1. The lowest BCUT2D eigenvalue weighted by atomic mass is 9.85. The van der Waals surface area contributed by atoms with Crippen LogP contribution >= 0.6 is 0 Å². The Bertz CT molecular complexity index is 679. The summed E-state index contributed by atoms with van der Waals surface area (Å²) in [4.78, 5) is 0. The normalized spacial score (nSPS) is 15.9. The van der Waals surface area contributed by atoms with Gasteiger partial charge in [0.05, 0.1) is 6.10 Å². The van der Waals surface area contributed by atoms with Crippen LogP contribution in [0.25, 0.3) is 11.1 Å². The number of unbranched alkanes of at least 4 members (excludes halogenated alkanes) is 3. The Kier molecular flexibility index (Phi) is 9.12. The van der Waals surface area contributed by atoms with Crippen LogP contribution in [0, 0.1) is 12.3 Å². The van der Waals surface area contributed by atoms with Gasteiger partial charge in [-0.15, -0.1) is 0 Å². The summed E-state index contributed by atoms with van der Waals surface area (Å²) in [6.45, 7) is 4.44. The number of benzene rings is 2. The van der Waals surface area contributed by atoms with Crippen LogP contribution in [0.4, 0.5) is 0 Å². The fraction of sp³-hybridized carbons (Fsp3) is 0.536. The van der Waals surface area contributed by atoms with Crippen molar-refractivity contribution < 1.29 is 4.74 Å². The zero-order chi connectivity index (χ0) is 20.3. The molecule has 0 N–H and O–H groups in total. The Balaban J connectivity index is 1.46. The monoisotopic (exact) mass is 391 g/mol. The average Bonchev–Trinajstić information content (AvgIpc) is 2.77. The largest absolute Gasteiger partial charge is 0.491 e. The second-order valence-electron chi connectivity index (χ2n) is 8.85. The molecule has 29 heavy (non-hydrogen) atoms. The van der Waals surface area contributed by atoms with E-state index in [0.717, 1.165) is 18.1 Å². The molecule has 1 fully saturated rings. The van der Waals surface area contributed by atoms with Crippen LogP contribution in [0.2, 0.25) is 0 Å². The molecule has 157 valence electrons. The first-order valence-corrected chi connectivity index (χ1v) is 11.9. The van der Waals surface area contributed by atoms with Gasteiger partial charge in [-0.2, -0.15) is 0 Å². The van der Waals surface area contributed by atoms with Crippen molar-refractivity contribution in [1.29, 1.82) is 0 Å². The minimum atomic E-state index is 0.291. The molecule has 0 unspecified atom stereocenters. The van der Waals surface area contributed by atoms with E-state index in [-0.39, 0.29) is 0 Å². The third kappa shape index (κ3) is 7.53. The molecule has 1 aliphatic carbocycles. The SMILES string of the molecule is CCCCCC[C@@H](C)Oc1ccc(-c2ccc(CCC3CC[CH]CC3)cc2)cc1. The van der Waals surface area contributed by atoms with E-state index in [1.54, 1.807) is 0 Å². The van der Waals surface area contributed by atoms with Gasteiger partial charge in [-0.3, -0.25) is 0 Å². The van der Waals surface area contributed by atoms with E-state index in [9.17, 15) is 0 Å². The molecule has 1 radical (unpaired) electrons. The number of ether oxygens (including phenoxy) is 1. The topological polar surface area (TPSA) is 9.23 Å². The molecule has 1 heteroatoms. The fourth-order valence-electron chi connectivity index (χ4n) is 4.39. The summed E-state index contributed by atoms with van der Waals surface area (Å²) in [6.07, 6.45) is 17.1. The van der Waals surface area contributed by atoms with Gasteiger partial charge in [-0.1, -0.05) is 75.4 Å². The molecule has 0 aliphatic heterocycles. The van der Waals surface area contributed by atoms with Crippen molar-refractivity contribution in [3.8, 4) is 16.9 Å². The first-order valence-electron chi connectivity index (χ1n) is 11.9. The molecule has 0 bridgehead atoms. The molecule has 1 nitrogen and oxygen atoms in total. The maximum atomic E-state index is 6.09. The van der Waals surface area contributed by atoms with Gasteiger partial charge in [0, 0.05) is 0 Å². The van der Waals surface area contributed by atoms with E-state index in [1.807, 2.05) is 0 Å². The first-order chi connectivity index (χ1) is 14.2. The number of aryl methyl sites for hydroxylation is 1. The van der Waals surface area contributed by atoms with Gasteiger partial charge in [0.15, 0.2) is 0 Å². The summed E-state index contributed by atoms with van der Waals surface area (Å²) >= 11 is 0. The van der Waals surface area contributed by atoms with E-state index >= 15 is 0 Å². The highest BCUT2D eigenvalue weighted by Crippen LogP contribution is 2.28. The van der Waals surface area contributed by atoms with Crippen molar-refractivity contribution in [2.45, 2.75) is 90.6 Å². The van der Waals surface area contributed by atoms with E-state index in [0.29, 0.717) is 6.10 Å². The summed E-state index contributed by atoms with van der Waals surface area (Å²) in [7, 11) is 0. The van der Waals surface area contributed by atoms with Crippen LogP contribution in [0.1, 0.15) is 83.6 Å². The molecular weight excluding hydrogens is 352 g/mol. The predicted octanol–water partition coefficient (Wildman–Crippen LogP) is 8.42. The standard InChI is InChI=1S/C28H39O/c1-3-4-5-7-10-23(2)29-28-21-19-27(20-22-28)26-17-15-25(16-18-26)14-13-24-11-8-6-9-12-24/h6,15-24H,3-5,7-14H2,1-2H3/t23-/m1/s1. The third-order valence-electron chi connectivity index (χ3n) is 6.34. The van der Waals surface area contributed by atoms with Crippen molar-refractivity contribution in [2.24, 2.45) is 5.92 Å². The van der Waals surface area contributed by atoms with Crippen LogP contribution in [-0.4, -0.2) is 6.10 Å². The quantitative estimate of drug-likeness (QED) is 0.349. The summed E-state index contributed by atoms with van der Waals surface area (Å²) in [6, 6.07) is 17.8. The predicted molar refractivity (Wildman–Crippen MR) is 125 cm³/mol. The summed E-state index contributed by atoms with van der Waals surface area (Å²) in [5, 5.41) is 0. The van der Waals surface area contributed by atoms with E-state index in [4.69, 9.17) is 4.74 Å².